The molecule has 1 aromatic heterocycles. The van der Waals surface area contributed by atoms with Crippen molar-refractivity contribution in [1.82, 2.24) is 20.1 Å². The molecule has 2 N–H and O–H groups in total. The van der Waals surface area contributed by atoms with E-state index >= 15 is 0 Å². The molecular formula is C16H18F2N4OS. The summed E-state index contributed by atoms with van der Waals surface area (Å²) in [7, 11) is 0. The number of carbonyl (C=O) groups is 1. The normalized spacial score (nSPS) is 11.4. The lowest BCUT2D eigenvalue weighted by atomic mass is 10.2. The van der Waals surface area contributed by atoms with Gasteiger partial charge in [-0.2, -0.15) is 5.10 Å². The van der Waals surface area contributed by atoms with Crippen LogP contribution in [0.25, 0.3) is 6.08 Å². The number of aromatic amines is 1. The van der Waals surface area contributed by atoms with Gasteiger partial charge in [-0.1, -0.05) is 19.9 Å². The van der Waals surface area contributed by atoms with Crippen LogP contribution in [0, 0.1) is 16.4 Å². The van der Waals surface area contributed by atoms with E-state index in [2.05, 4.69) is 15.5 Å². The van der Waals surface area contributed by atoms with Gasteiger partial charge in [0.25, 0.3) is 0 Å². The van der Waals surface area contributed by atoms with Crippen LogP contribution in [-0.2, 0) is 11.3 Å². The third-order valence-electron chi connectivity index (χ3n) is 3.34. The van der Waals surface area contributed by atoms with Crippen molar-refractivity contribution in [3.63, 3.8) is 0 Å². The highest BCUT2D eigenvalue weighted by atomic mass is 32.1. The summed E-state index contributed by atoms with van der Waals surface area (Å²) in [6, 6.07) is 3.53. The Morgan fingerprint density at radius 1 is 1.42 bits per heavy atom. The lowest BCUT2D eigenvalue weighted by Crippen LogP contribution is -2.26. The zero-order valence-corrected chi connectivity index (χ0v) is 14.2. The van der Waals surface area contributed by atoms with Crippen molar-refractivity contribution < 1.29 is 13.6 Å². The second kappa shape index (κ2) is 7.96. The van der Waals surface area contributed by atoms with Crippen molar-refractivity contribution in [1.29, 1.82) is 0 Å². The fraction of sp³-hybridized carbons (Fsp3) is 0.312. The van der Waals surface area contributed by atoms with Crippen molar-refractivity contribution in [2.75, 3.05) is 6.54 Å². The van der Waals surface area contributed by atoms with Crippen LogP contribution >= 0.6 is 12.2 Å². The predicted molar refractivity (Wildman–Crippen MR) is 89.9 cm³/mol. The first-order valence-electron chi connectivity index (χ1n) is 7.45. The Morgan fingerprint density at radius 3 is 2.71 bits per heavy atom. The van der Waals surface area contributed by atoms with Gasteiger partial charge < -0.3 is 9.88 Å². The van der Waals surface area contributed by atoms with Crippen LogP contribution in [0.5, 0.6) is 0 Å². The molecule has 0 aliphatic carbocycles. The topological polar surface area (TPSA) is 62.7 Å². The first-order chi connectivity index (χ1) is 11.4. The Hall–Kier alpha value is -2.35. The summed E-state index contributed by atoms with van der Waals surface area (Å²) in [5.41, 5.74) is -0.244. The van der Waals surface area contributed by atoms with Gasteiger partial charge in [0, 0.05) is 30.6 Å². The van der Waals surface area contributed by atoms with E-state index in [1.807, 2.05) is 13.8 Å². The Bertz CT molecular complexity index is 790. The van der Waals surface area contributed by atoms with E-state index < -0.39 is 17.5 Å². The third kappa shape index (κ3) is 4.35. The third-order valence-corrected chi connectivity index (χ3v) is 3.65. The molecule has 0 saturated heterocycles. The number of nitrogens with one attached hydrogen (secondary N) is 2. The fourth-order valence-corrected chi connectivity index (χ4v) is 2.40. The number of H-pyrrole nitrogens is 1. The number of amides is 1. The number of hydrogen-bond acceptors (Lipinski definition) is 3. The van der Waals surface area contributed by atoms with Crippen LogP contribution in [-0.4, -0.2) is 27.2 Å². The monoisotopic (exact) mass is 352 g/mol. The van der Waals surface area contributed by atoms with E-state index in [9.17, 15) is 13.6 Å². The zero-order chi connectivity index (χ0) is 17.7. The minimum atomic E-state index is -0.717. The number of carbonyl (C=O) groups excluding carboxylic acids is 1. The zero-order valence-electron chi connectivity index (χ0n) is 13.3. The Balaban J connectivity index is 1.94. The Kier molecular flexibility index (Phi) is 5.97. The summed E-state index contributed by atoms with van der Waals surface area (Å²) in [5, 5.41) is 9.51. The van der Waals surface area contributed by atoms with Crippen LogP contribution in [0.3, 0.4) is 0 Å². The summed E-state index contributed by atoms with van der Waals surface area (Å²) < 4.78 is 29.2. The molecule has 128 valence electrons. The second-order valence-corrected chi connectivity index (χ2v) is 5.84. The predicted octanol–water partition coefficient (Wildman–Crippen LogP) is 3.17. The lowest BCUT2D eigenvalue weighted by Gasteiger charge is -2.09. The number of nitrogens with zero attached hydrogens (tertiary/aromatic N) is 2. The molecule has 2 aromatic rings. The Labute approximate surface area is 143 Å². The van der Waals surface area contributed by atoms with Crippen LogP contribution < -0.4 is 5.32 Å². The lowest BCUT2D eigenvalue weighted by molar-refractivity contribution is -0.116. The Morgan fingerprint density at radius 2 is 2.08 bits per heavy atom. The molecular weight excluding hydrogens is 334 g/mol. The number of benzene rings is 1. The molecule has 1 amide bonds. The summed E-state index contributed by atoms with van der Waals surface area (Å²) >= 11 is 5.15. The van der Waals surface area contributed by atoms with E-state index in [1.54, 1.807) is 4.57 Å². The quantitative estimate of drug-likeness (QED) is 0.620. The van der Waals surface area contributed by atoms with Crippen molar-refractivity contribution in [3.8, 4) is 0 Å². The van der Waals surface area contributed by atoms with Crippen LogP contribution in [0.4, 0.5) is 8.78 Å². The molecule has 0 saturated carbocycles. The number of rotatable bonds is 6. The molecule has 1 aromatic carbocycles. The largest absolute Gasteiger partial charge is 0.351 e. The first kappa shape index (κ1) is 18.0. The number of hydrogen-bond donors (Lipinski definition) is 2. The molecule has 5 nitrogen and oxygen atoms in total. The van der Waals surface area contributed by atoms with Crippen LogP contribution in [0.15, 0.2) is 24.3 Å². The average Bonchev–Trinajstić information content (AvgIpc) is 2.88. The van der Waals surface area contributed by atoms with E-state index in [0.717, 1.165) is 30.1 Å². The highest BCUT2D eigenvalue weighted by molar-refractivity contribution is 7.71. The summed E-state index contributed by atoms with van der Waals surface area (Å²) in [5.74, 6) is -0.884. The molecule has 24 heavy (non-hydrogen) atoms. The van der Waals surface area contributed by atoms with Crippen molar-refractivity contribution >= 4 is 24.2 Å². The van der Waals surface area contributed by atoms with Crippen molar-refractivity contribution in [2.24, 2.45) is 0 Å². The minimum absolute atomic E-state index is 0.192. The SMILES string of the molecule is CC(C)c1n[nH]c(=S)n1CCNC(=O)C=Cc1c(F)cccc1F. The van der Waals surface area contributed by atoms with Gasteiger partial charge in [-0.3, -0.25) is 9.89 Å². The van der Waals surface area contributed by atoms with E-state index in [1.165, 1.54) is 6.07 Å². The molecule has 0 aliphatic rings. The van der Waals surface area contributed by atoms with Gasteiger partial charge in [0.2, 0.25) is 5.91 Å². The van der Waals surface area contributed by atoms with Crippen molar-refractivity contribution in [2.45, 2.75) is 26.3 Å². The summed E-state index contributed by atoms with van der Waals surface area (Å²) in [6.45, 7) is 4.75. The maximum atomic E-state index is 13.5. The number of aromatic nitrogens is 3. The molecule has 0 radical (unpaired) electrons. The van der Waals surface area contributed by atoms with Gasteiger partial charge in [-0.25, -0.2) is 8.78 Å². The van der Waals surface area contributed by atoms with E-state index in [0.29, 0.717) is 17.9 Å². The highest BCUT2D eigenvalue weighted by Crippen LogP contribution is 2.13. The smallest absolute Gasteiger partial charge is 0.244 e. The fourth-order valence-electron chi connectivity index (χ4n) is 2.17. The molecule has 0 spiro atoms. The van der Waals surface area contributed by atoms with Gasteiger partial charge in [-0.15, -0.1) is 0 Å². The molecule has 2 rings (SSSR count). The molecule has 0 atom stereocenters. The maximum absolute atomic E-state index is 13.5. The molecule has 0 aliphatic heterocycles. The molecule has 0 bridgehead atoms. The molecule has 0 fully saturated rings. The first-order valence-corrected chi connectivity index (χ1v) is 7.86. The minimum Gasteiger partial charge on any atom is -0.351 e. The van der Waals surface area contributed by atoms with Crippen LogP contribution in [0.1, 0.15) is 31.2 Å². The van der Waals surface area contributed by atoms with E-state index in [4.69, 9.17) is 12.2 Å². The van der Waals surface area contributed by atoms with E-state index in [-0.39, 0.29) is 11.5 Å². The second-order valence-electron chi connectivity index (χ2n) is 5.45. The maximum Gasteiger partial charge on any atom is 0.244 e. The molecule has 0 unspecified atom stereocenters. The highest BCUT2D eigenvalue weighted by Gasteiger charge is 2.10. The van der Waals surface area contributed by atoms with Crippen molar-refractivity contribution in [3.05, 3.63) is 52.1 Å². The molecule has 1 heterocycles. The summed E-state index contributed by atoms with van der Waals surface area (Å²) in [4.78, 5) is 11.8. The standard InChI is InChI=1S/C16H18F2N4OS/c1-10(2)15-20-21-16(24)22(15)9-8-19-14(23)7-6-11-12(17)4-3-5-13(11)18/h3-7,10H,8-9H2,1-2H3,(H,19,23)(H,21,24). The van der Waals surface area contributed by atoms with Gasteiger partial charge in [0.1, 0.15) is 17.5 Å². The van der Waals surface area contributed by atoms with Gasteiger partial charge >= 0.3 is 0 Å². The van der Waals surface area contributed by atoms with Gasteiger partial charge in [0.15, 0.2) is 4.77 Å². The van der Waals surface area contributed by atoms with Gasteiger partial charge in [-0.05, 0) is 30.4 Å². The van der Waals surface area contributed by atoms with Crippen LogP contribution in [0.2, 0.25) is 0 Å². The average molecular weight is 352 g/mol. The number of halogens is 2. The molecule has 8 heteroatoms. The van der Waals surface area contributed by atoms with Gasteiger partial charge in [0.05, 0.1) is 0 Å². The summed E-state index contributed by atoms with van der Waals surface area (Å²) in [6.07, 6.45) is 2.21.